The highest BCUT2D eigenvalue weighted by Gasteiger charge is 2.33. The van der Waals surface area contributed by atoms with Crippen LogP contribution < -0.4 is 0 Å². The second-order valence-electron chi connectivity index (χ2n) is 7.58. The maximum Gasteiger partial charge on any atom is 0.243 e. The molecule has 160 valence electrons. The summed E-state index contributed by atoms with van der Waals surface area (Å²) in [4.78, 5) is 19.4. The summed E-state index contributed by atoms with van der Waals surface area (Å²) in [7, 11) is -1.86. The average molecular weight is 455 g/mol. The number of benzene rings is 2. The lowest BCUT2D eigenvalue weighted by atomic mass is 9.97. The molecule has 0 unspecified atom stereocenters. The Kier molecular flexibility index (Phi) is 6.05. The number of thiazole rings is 1. The van der Waals surface area contributed by atoms with Crippen molar-refractivity contribution in [1.29, 1.82) is 5.26 Å². The van der Waals surface area contributed by atoms with E-state index in [1.165, 1.54) is 28.6 Å². The minimum absolute atomic E-state index is 0.0228. The van der Waals surface area contributed by atoms with Crippen molar-refractivity contribution in [2.75, 3.05) is 20.1 Å². The zero-order valence-corrected chi connectivity index (χ0v) is 18.7. The van der Waals surface area contributed by atoms with E-state index in [0.29, 0.717) is 38.0 Å². The fraction of sp³-hybridized carbons (Fsp3) is 0.318. The number of hydrogen-bond acceptors (Lipinski definition) is 6. The Morgan fingerprint density at radius 1 is 1.19 bits per heavy atom. The highest BCUT2D eigenvalue weighted by molar-refractivity contribution is 7.89. The SMILES string of the molecule is CN(Cc1nc2ccccc2s1)C(=O)C1CCN(S(=O)(=O)c2ccc(C#N)cc2)CC1. The number of nitriles is 1. The molecule has 0 radical (unpaired) electrons. The lowest BCUT2D eigenvalue weighted by Crippen LogP contribution is -2.43. The third-order valence-corrected chi connectivity index (χ3v) is 8.45. The van der Waals surface area contributed by atoms with Crippen molar-refractivity contribution in [1.82, 2.24) is 14.2 Å². The minimum Gasteiger partial charge on any atom is -0.339 e. The fourth-order valence-corrected chi connectivity index (χ4v) is 6.26. The van der Waals surface area contributed by atoms with Gasteiger partial charge in [0.05, 0.1) is 33.3 Å². The van der Waals surface area contributed by atoms with Gasteiger partial charge in [0.1, 0.15) is 5.01 Å². The van der Waals surface area contributed by atoms with Crippen LogP contribution in [0.4, 0.5) is 0 Å². The molecule has 1 saturated heterocycles. The zero-order chi connectivity index (χ0) is 22.0. The Morgan fingerprint density at radius 2 is 1.87 bits per heavy atom. The van der Waals surface area contributed by atoms with Crippen LogP contribution >= 0.6 is 11.3 Å². The van der Waals surface area contributed by atoms with E-state index >= 15 is 0 Å². The van der Waals surface area contributed by atoms with Gasteiger partial charge in [-0.3, -0.25) is 4.79 Å². The molecule has 3 aromatic rings. The van der Waals surface area contributed by atoms with E-state index < -0.39 is 10.0 Å². The standard InChI is InChI=1S/C22H22N4O3S2/c1-25(15-21-24-19-4-2-3-5-20(19)30-21)22(27)17-10-12-26(13-11-17)31(28,29)18-8-6-16(14-23)7-9-18/h2-9,17H,10-13,15H2,1H3. The normalized spacial score (nSPS) is 15.6. The molecule has 0 N–H and O–H groups in total. The highest BCUT2D eigenvalue weighted by Crippen LogP contribution is 2.27. The molecule has 1 aliphatic heterocycles. The minimum atomic E-state index is -3.63. The van der Waals surface area contributed by atoms with Gasteiger partial charge in [0.2, 0.25) is 15.9 Å². The van der Waals surface area contributed by atoms with Gasteiger partial charge in [-0.2, -0.15) is 9.57 Å². The molecular weight excluding hydrogens is 432 g/mol. The summed E-state index contributed by atoms with van der Waals surface area (Å²) < 4.78 is 28.2. The van der Waals surface area contributed by atoms with Gasteiger partial charge >= 0.3 is 0 Å². The van der Waals surface area contributed by atoms with Gasteiger partial charge < -0.3 is 4.90 Å². The molecular formula is C22H22N4O3S2. The highest BCUT2D eigenvalue weighted by atomic mass is 32.2. The summed E-state index contributed by atoms with van der Waals surface area (Å²) >= 11 is 1.58. The van der Waals surface area contributed by atoms with Crippen molar-refractivity contribution in [2.45, 2.75) is 24.3 Å². The molecule has 1 fully saturated rings. The number of rotatable bonds is 5. The molecule has 1 amide bonds. The van der Waals surface area contributed by atoms with Gasteiger partial charge in [-0.05, 0) is 49.2 Å². The number of piperidine rings is 1. The van der Waals surface area contributed by atoms with Crippen molar-refractivity contribution < 1.29 is 13.2 Å². The van der Waals surface area contributed by atoms with Crippen LogP contribution in [0.2, 0.25) is 0 Å². The average Bonchev–Trinajstić information content (AvgIpc) is 3.21. The van der Waals surface area contributed by atoms with Crippen LogP contribution in [0, 0.1) is 17.2 Å². The summed E-state index contributed by atoms with van der Waals surface area (Å²) in [6.45, 7) is 1.05. The van der Waals surface area contributed by atoms with Gasteiger partial charge in [0, 0.05) is 26.1 Å². The molecule has 1 aliphatic rings. The Hall–Kier alpha value is -2.80. The van der Waals surface area contributed by atoms with Gasteiger partial charge in [0.25, 0.3) is 0 Å². The number of nitrogens with zero attached hydrogens (tertiary/aromatic N) is 4. The molecule has 2 heterocycles. The summed E-state index contributed by atoms with van der Waals surface area (Å²) in [5.74, 6) is -0.179. The topological polar surface area (TPSA) is 94.4 Å². The Labute approximate surface area is 185 Å². The van der Waals surface area contributed by atoms with Crippen LogP contribution in [-0.2, 0) is 21.4 Å². The number of sulfonamides is 1. The summed E-state index contributed by atoms with van der Waals surface area (Å²) in [6, 6.07) is 15.8. The predicted molar refractivity (Wildman–Crippen MR) is 119 cm³/mol. The molecule has 9 heteroatoms. The van der Waals surface area contributed by atoms with Gasteiger partial charge in [-0.1, -0.05) is 12.1 Å². The molecule has 7 nitrogen and oxygen atoms in total. The van der Waals surface area contributed by atoms with E-state index in [9.17, 15) is 13.2 Å². The summed E-state index contributed by atoms with van der Waals surface area (Å²) in [6.07, 6.45) is 0.969. The van der Waals surface area contributed by atoms with E-state index in [1.54, 1.807) is 23.3 Å². The number of amides is 1. The third-order valence-electron chi connectivity index (χ3n) is 5.51. The number of hydrogen-bond donors (Lipinski definition) is 0. The van der Waals surface area contributed by atoms with Crippen LogP contribution in [-0.4, -0.2) is 48.7 Å². The molecule has 0 aliphatic carbocycles. The van der Waals surface area contributed by atoms with Crippen LogP contribution in [0.15, 0.2) is 53.4 Å². The van der Waals surface area contributed by atoms with Gasteiger partial charge in [-0.15, -0.1) is 11.3 Å². The molecule has 0 bridgehead atoms. The first-order chi connectivity index (χ1) is 14.9. The quantitative estimate of drug-likeness (QED) is 0.590. The van der Waals surface area contributed by atoms with E-state index in [-0.39, 0.29) is 16.7 Å². The monoisotopic (exact) mass is 454 g/mol. The van der Waals surface area contributed by atoms with Crippen LogP contribution in [0.3, 0.4) is 0 Å². The largest absolute Gasteiger partial charge is 0.339 e. The van der Waals surface area contributed by atoms with E-state index in [4.69, 9.17) is 5.26 Å². The number of para-hydroxylation sites is 1. The van der Waals surface area contributed by atoms with Gasteiger partial charge in [0.15, 0.2) is 0 Å². The van der Waals surface area contributed by atoms with Crippen molar-refractivity contribution in [3.63, 3.8) is 0 Å². The van der Waals surface area contributed by atoms with Crippen molar-refractivity contribution in [3.05, 3.63) is 59.1 Å². The van der Waals surface area contributed by atoms with Crippen molar-refractivity contribution in [3.8, 4) is 6.07 Å². The molecule has 0 saturated carbocycles. The molecule has 0 spiro atoms. The molecule has 4 rings (SSSR count). The Morgan fingerprint density at radius 3 is 2.52 bits per heavy atom. The van der Waals surface area contributed by atoms with Crippen molar-refractivity contribution in [2.24, 2.45) is 5.92 Å². The fourth-order valence-electron chi connectivity index (χ4n) is 3.77. The summed E-state index contributed by atoms with van der Waals surface area (Å²) in [5, 5.41) is 9.77. The van der Waals surface area contributed by atoms with E-state index in [2.05, 4.69) is 4.98 Å². The number of fused-ring (bicyclic) bond motifs is 1. The lowest BCUT2D eigenvalue weighted by molar-refractivity contribution is -0.135. The number of aromatic nitrogens is 1. The Bertz CT molecular complexity index is 1200. The maximum absolute atomic E-state index is 12.9. The number of carbonyl (C=O) groups is 1. The molecule has 2 aromatic carbocycles. The number of carbonyl (C=O) groups excluding carboxylic acids is 1. The van der Waals surface area contributed by atoms with Crippen LogP contribution in [0.5, 0.6) is 0 Å². The lowest BCUT2D eigenvalue weighted by Gasteiger charge is -2.32. The second kappa shape index (κ2) is 8.75. The first-order valence-corrected chi connectivity index (χ1v) is 12.2. The van der Waals surface area contributed by atoms with E-state index in [1.807, 2.05) is 30.3 Å². The zero-order valence-electron chi connectivity index (χ0n) is 17.1. The first-order valence-electron chi connectivity index (χ1n) is 9.98. The maximum atomic E-state index is 12.9. The van der Waals surface area contributed by atoms with Crippen LogP contribution in [0.1, 0.15) is 23.4 Å². The van der Waals surface area contributed by atoms with Crippen LogP contribution in [0.25, 0.3) is 10.2 Å². The summed E-state index contributed by atoms with van der Waals surface area (Å²) in [5.41, 5.74) is 1.35. The molecule has 31 heavy (non-hydrogen) atoms. The Balaban J connectivity index is 1.37. The molecule has 0 atom stereocenters. The van der Waals surface area contributed by atoms with E-state index in [0.717, 1.165) is 15.2 Å². The second-order valence-corrected chi connectivity index (χ2v) is 10.6. The van der Waals surface area contributed by atoms with Gasteiger partial charge in [-0.25, -0.2) is 13.4 Å². The smallest absolute Gasteiger partial charge is 0.243 e. The third kappa shape index (κ3) is 4.46. The first kappa shape index (κ1) is 21.4. The van der Waals surface area contributed by atoms with Crippen molar-refractivity contribution >= 4 is 37.5 Å². The predicted octanol–water partition coefficient (Wildman–Crippen LogP) is 3.23. The molecule has 1 aromatic heterocycles.